The average Bonchev–Trinajstić information content (AvgIpc) is 3.93. The summed E-state index contributed by atoms with van der Waals surface area (Å²) in [6.45, 7) is 17.7. The van der Waals surface area contributed by atoms with Gasteiger partial charge in [-0.2, -0.15) is 0 Å². The summed E-state index contributed by atoms with van der Waals surface area (Å²) in [4.78, 5) is 1.16. The number of thiophene rings is 2. The fourth-order valence-corrected chi connectivity index (χ4v) is 13.8. The minimum Gasteiger partial charge on any atom is -0.507 e. The zero-order valence-electron chi connectivity index (χ0n) is 41.3. The second-order valence-electron chi connectivity index (χ2n) is 20.7. The molecule has 2 aromatic heterocycles. The molecule has 6 aromatic rings. The zero-order chi connectivity index (χ0) is 48.5. The van der Waals surface area contributed by atoms with Crippen LogP contribution >= 0.6 is 38.6 Å². The minimum absolute atomic E-state index is 0.199. The van der Waals surface area contributed by atoms with Crippen LogP contribution in [0.15, 0.2) is 101 Å². The van der Waals surface area contributed by atoms with E-state index < -0.39 is 7.12 Å². The van der Waals surface area contributed by atoms with E-state index in [-0.39, 0.29) is 23.0 Å². The predicted molar refractivity (Wildman–Crippen MR) is 291 cm³/mol. The molecule has 10 heteroatoms. The molecule has 4 heterocycles. The van der Waals surface area contributed by atoms with Crippen molar-refractivity contribution >= 4 is 70.7 Å². The van der Waals surface area contributed by atoms with Crippen LogP contribution in [-0.4, -0.2) is 38.6 Å². The number of fused-ring (bicyclic) bond motifs is 8. The Hall–Kier alpha value is -4.06. The van der Waals surface area contributed by atoms with Crippen LogP contribution < -0.4 is 14.3 Å². The highest BCUT2D eigenvalue weighted by Crippen LogP contribution is 2.58. The first-order valence-corrected chi connectivity index (χ1v) is 27.4. The SMILES string of the molecule is CCCCCc1cc2c(c(O)c1-c1cc3ccccc3s1)[C@@H]1C=C(C)CC[C@H]1C(C)(C)O2.CCCCCc1cc2c(c(O)c1Br)[C@@H]1C=C(C)CC[C@H]1C(C)(C)O2.OB(O)c1cc2ccccc2s1. The lowest BCUT2D eigenvalue weighted by atomic mass is 9.67. The quantitative estimate of drug-likeness (QED) is 0.0620. The normalized spacial score (nSPS) is 20.7. The maximum Gasteiger partial charge on any atom is 0.499 e. The van der Waals surface area contributed by atoms with Gasteiger partial charge in [0.05, 0.1) is 4.47 Å². The third-order valence-corrected chi connectivity index (χ3v) is 18.0. The molecule has 68 heavy (non-hydrogen) atoms. The first kappa shape index (κ1) is 50.3. The molecule has 2 aliphatic carbocycles. The van der Waals surface area contributed by atoms with E-state index in [0.29, 0.717) is 28.1 Å². The monoisotopic (exact) mass is 1020 g/mol. The first-order chi connectivity index (χ1) is 32.5. The lowest BCUT2D eigenvalue weighted by Gasteiger charge is -2.46. The molecule has 0 amide bonds. The van der Waals surface area contributed by atoms with Gasteiger partial charge in [0.15, 0.2) is 0 Å². The molecule has 0 bridgehead atoms. The highest BCUT2D eigenvalue weighted by Gasteiger charge is 2.47. The lowest BCUT2D eigenvalue weighted by molar-refractivity contribution is 0.0103. The van der Waals surface area contributed by atoms with E-state index in [0.717, 1.165) is 105 Å². The molecule has 0 unspecified atom stereocenters. The van der Waals surface area contributed by atoms with Crippen molar-refractivity contribution in [3.8, 4) is 33.4 Å². The summed E-state index contributed by atoms with van der Waals surface area (Å²) in [7, 11) is -1.35. The van der Waals surface area contributed by atoms with Gasteiger partial charge in [-0.1, -0.05) is 99.2 Å². The van der Waals surface area contributed by atoms with Crippen LogP contribution in [0.1, 0.15) is 154 Å². The number of benzene rings is 4. The molecular weight excluding hydrogens is 947 g/mol. The smallest absolute Gasteiger partial charge is 0.499 e. The molecule has 2 aliphatic heterocycles. The summed E-state index contributed by atoms with van der Waals surface area (Å²) < 4.78 is 16.8. The van der Waals surface area contributed by atoms with Crippen LogP contribution in [0.5, 0.6) is 23.0 Å². The summed E-state index contributed by atoms with van der Waals surface area (Å²) in [5, 5.41) is 42.8. The van der Waals surface area contributed by atoms with Crippen LogP contribution in [0.25, 0.3) is 30.6 Å². The van der Waals surface area contributed by atoms with Crippen molar-refractivity contribution in [3.05, 3.63) is 123 Å². The van der Waals surface area contributed by atoms with Gasteiger partial charge in [0.2, 0.25) is 0 Å². The van der Waals surface area contributed by atoms with E-state index in [1.165, 1.54) is 63.8 Å². The highest BCUT2D eigenvalue weighted by atomic mass is 79.9. The first-order valence-electron chi connectivity index (χ1n) is 25.0. The number of halogens is 1. The Morgan fingerprint density at radius 3 is 1.65 bits per heavy atom. The van der Waals surface area contributed by atoms with Crippen LogP contribution in [0.4, 0.5) is 0 Å². The summed E-state index contributed by atoms with van der Waals surface area (Å²) in [5.74, 6) is 3.84. The maximum absolute atomic E-state index is 11.8. The fraction of sp³-hybridized carbons (Fsp3) is 0.448. The standard InChI is InChI=1S/C29H34O2S.C21H29BrO2.C8H7BO2S/c1-5-6-7-11-20-16-23-27(21-15-18(2)13-14-22(21)29(3,4)31-23)28(30)26(20)25-17-19-10-8-9-12-24(19)32-25;1-5-6-7-8-14-12-17-18(20(23)19(14)22)15-11-13(2)9-10-16(15)21(3,4)24-17;10-9(11)8-5-6-3-1-2-4-7(6)12-8/h8-10,12,15-17,21-22,30H,5-7,11,13-14H2,1-4H3;11-12,15-16,23H,5-10H2,1-4H3;1-5,10-11H/t21-,22-;15-,16-;/m11./s1. The molecule has 0 spiro atoms. The van der Waals surface area contributed by atoms with Crippen molar-refractivity contribution in [2.24, 2.45) is 11.8 Å². The third-order valence-electron chi connectivity index (χ3n) is 14.9. The third kappa shape index (κ3) is 10.5. The van der Waals surface area contributed by atoms with Crippen molar-refractivity contribution in [3.63, 3.8) is 0 Å². The van der Waals surface area contributed by atoms with E-state index in [2.05, 4.69) is 126 Å². The van der Waals surface area contributed by atoms with Gasteiger partial charge in [-0.05, 0) is 167 Å². The van der Waals surface area contributed by atoms with Gasteiger partial charge in [0, 0.05) is 59.4 Å². The number of rotatable bonds is 10. The number of allylic oxidation sites excluding steroid dienone is 4. The number of phenolic OH excluding ortho intramolecular Hbond substituents is 2. The molecule has 0 saturated heterocycles. The van der Waals surface area contributed by atoms with E-state index in [4.69, 9.17) is 19.5 Å². The number of hydrogen-bond acceptors (Lipinski definition) is 8. The van der Waals surface area contributed by atoms with E-state index >= 15 is 0 Å². The van der Waals surface area contributed by atoms with Crippen molar-refractivity contribution in [2.75, 3.05) is 0 Å². The molecule has 6 nitrogen and oxygen atoms in total. The van der Waals surface area contributed by atoms with Gasteiger partial charge in [-0.3, -0.25) is 0 Å². The van der Waals surface area contributed by atoms with E-state index in [9.17, 15) is 10.2 Å². The Balaban J connectivity index is 0.000000152. The van der Waals surface area contributed by atoms with Gasteiger partial charge >= 0.3 is 7.12 Å². The lowest BCUT2D eigenvalue weighted by Crippen LogP contribution is -2.45. The molecule has 4 N–H and O–H groups in total. The molecule has 0 fully saturated rings. The molecule has 4 aromatic carbocycles. The van der Waals surface area contributed by atoms with Crippen LogP contribution in [0.2, 0.25) is 0 Å². The van der Waals surface area contributed by atoms with Gasteiger partial charge in [-0.15, -0.1) is 22.7 Å². The van der Waals surface area contributed by atoms with Crippen molar-refractivity contribution < 1.29 is 29.7 Å². The number of unbranched alkanes of at least 4 members (excludes halogenated alkanes) is 4. The molecule has 0 saturated carbocycles. The predicted octanol–water partition coefficient (Wildman–Crippen LogP) is 15.7. The minimum atomic E-state index is -1.35. The largest absolute Gasteiger partial charge is 0.507 e. The van der Waals surface area contributed by atoms with Gasteiger partial charge in [0.1, 0.15) is 34.2 Å². The van der Waals surface area contributed by atoms with Crippen molar-refractivity contribution in [1.82, 2.24) is 0 Å². The van der Waals surface area contributed by atoms with Crippen LogP contribution in [-0.2, 0) is 12.8 Å². The molecule has 4 aliphatic rings. The summed E-state index contributed by atoms with van der Waals surface area (Å²) in [6.07, 6.45) is 18.2. The Labute approximate surface area is 421 Å². The number of ether oxygens (including phenoxy) is 2. The maximum atomic E-state index is 11.8. The Morgan fingerprint density at radius 2 is 1.13 bits per heavy atom. The molecule has 10 rings (SSSR count). The van der Waals surface area contributed by atoms with Crippen molar-refractivity contribution in [1.29, 1.82) is 0 Å². The number of phenols is 2. The second-order valence-corrected chi connectivity index (χ2v) is 23.7. The fourth-order valence-electron chi connectivity index (χ4n) is 11.2. The molecule has 0 radical (unpaired) electrons. The van der Waals surface area contributed by atoms with Crippen molar-refractivity contribution in [2.45, 2.75) is 155 Å². The Bertz CT molecular complexity index is 2750. The topological polar surface area (TPSA) is 99.4 Å². The summed E-state index contributed by atoms with van der Waals surface area (Å²) in [5.41, 5.74) is 7.78. The molecule has 360 valence electrons. The van der Waals surface area contributed by atoms with Gasteiger partial charge < -0.3 is 29.7 Å². The van der Waals surface area contributed by atoms with Gasteiger partial charge in [-0.25, -0.2) is 0 Å². The Kier molecular flexibility index (Phi) is 15.6. The van der Waals surface area contributed by atoms with Crippen LogP contribution in [0, 0.1) is 11.8 Å². The van der Waals surface area contributed by atoms with E-state index in [1.54, 1.807) is 17.4 Å². The second kappa shape index (κ2) is 21.1. The molecular formula is C58H70BBrO6S2. The highest BCUT2D eigenvalue weighted by molar-refractivity contribution is 9.10. The van der Waals surface area contributed by atoms with Gasteiger partial charge in [0.25, 0.3) is 0 Å². The zero-order valence-corrected chi connectivity index (χ0v) is 44.5. The van der Waals surface area contributed by atoms with Crippen LogP contribution in [0.3, 0.4) is 0 Å². The molecule has 4 atom stereocenters. The summed E-state index contributed by atoms with van der Waals surface area (Å²) >= 11 is 6.83. The Morgan fingerprint density at radius 1 is 0.647 bits per heavy atom. The average molecular weight is 1020 g/mol. The number of hydrogen-bond donors (Lipinski definition) is 4. The summed E-state index contributed by atoms with van der Waals surface area (Å²) in [6, 6.07) is 24.8. The number of aryl methyl sites for hydroxylation is 2. The van der Waals surface area contributed by atoms with E-state index in [1.807, 2.05) is 24.3 Å². The number of aromatic hydroxyl groups is 2.